The van der Waals surface area contributed by atoms with Gasteiger partial charge in [0, 0.05) is 12.0 Å². The Labute approximate surface area is 178 Å². The third kappa shape index (κ3) is 2.50. The van der Waals surface area contributed by atoms with Crippen molar-refractivity contribution in [1.29, 1.82) is 0 Å². The summed E-state index contributed by atoms with van der Waals surface area (Å²) < 4.78 is 0. The fourth-order valence-electron chi connectivity index (χ4n) is 7.06. The summed E-state index contributed by atoms with van der Waals surface area (Å²) in [4.78, 5) is 30.9. The van der Waals surface area contributed by atoms with E-state index in [1.165, 1.54) is 32.1 Å². The van der Waals surface area contributed by atoms with Crippen LogP contribution in [0.2, 0.25) is 0 Å². The number of aromatic amines is 1. The van der Waals surface area contributed by atoms with Crippen LogP contribution < -0.4 is 4.90 Å². The molecule has 2 amide bonds. The number of carbonyl (C=O) groups excluding carboxylic acids is 1. The van der Waals surface area contributed by atoms with Gasteiger partial charge in [0.25, 0.3) is 0 Å². The molecule has 1 N–H and O–H groups in total. The van der Waals surface area contributed by atoms with Gasteiger partial charge >= 0.3 is 6.03 Å². The molecule has 4 saturated carbocycles. The minimum Gasteiger partial charge on any atom is -0.337 e. The van der Waals surface area contributed by atoms with Crippen LogP contribution in [0.25, 0.3) is 0 Å². The third-order valence-corrected chi connectivity index (χ3v) is 8.22. The lowest BCUT2D eigenvalue weighted by Gasteiger charge is -2.32. The molecule has 2 aliphatic heterocycles. The minimum absolute atomic E-state index is 0. The molecule has 2 unspecified atom stereocenters. The Hall–Kier alpha value is -1.56. The average Bonchev–Trinajstić information content (AvgIpc) is 3.38. The third-order valence-electron chi connectivity index (χ3n) is 8.22. The van der Waals surface area contributed by atoms with E-state index in [4.69, 9.17) is 9.98 Å². The highest BCUT2D eigenvalue weighted by Gasteiger charge is 2.60. The van der Waals surface area contributed by atoms with Gasteiger partial charge in [-0.05, 0) is 62.2 Å². The lowest BCUT2D eigenvalue weighted by molar-refractivity contribution is 0.225. The van der Waals surface area contributed by atoms with Gasteiger partial charge in [0.1, 0.15) is 11.5 Å². The van der Waals surface area contributed by atoms with Crippen molar-refractivity contribution in [2.24, 2.45) is 28.7 Å². The maximum Gasteiger partial charge on any atom is 0.331 e. The van der Waals surface area contributed by atoms with E-state index >= 15 is 0 Å². The van der Waals surface area contributed by atoms with E-state index in [-0.39, 0.29) is 29.9 Å². The first kappa shape index (κ1) is 19.4. The van der Waals surface area contributed by atoms with Crippen molar-refractivity contribution in [3.8, 4) is 0 Å². The topological polar surface area (TPSA) is 64.6 Å². The zero-order chi connectivity index (χ0) is 19.2. The summed E-state index contributed by atoms with van der Waals surface area (Å²) >= 11 is 0. The standard InChI is InChI=1S/C22H31N5O.ClH/c1-4-5-26-19-17(18-23-16(12(2)3)11-27(18)21(26)28)24-20(25-19)22-9-13-6-14(10-22)8-15(22)7-13;/h12-16H,4-11H2,1-3H3,(H,24,25);1H/t13?,14?,15?,16-,22?;/m1./s1. The second-order valence-electron chi connectivity index (χ2n) is 10.3. The number of nitrogens with one attached hydrogen (secondary N) is 1. The van der Waals surface area contributed by atoms with Crippen molar-refractivity contribution in [2.75, 3.05) is 18.0 Å². The van der Waals surface area contributed by atoms with Crippen molar-refractivity contribution in [3.05, 3.63) is 11.5 Å². The number of halogens is 1. The van der Waals surface area contributed by atoms with Crippen molar-refractivity contribution < 1.29 is 4.79 Å². The predicted octanol–water partition coefficient (Wildman–Crippen LogP) is 4.35. The number of imidazole rings is 1. The molecule has 3 heterocycles. The molecular weight excluding hydrogens is 386 g/mol. The maximum absolute atomic E-state index is 13.3. The summed E-state index contributed by atoms with van der Waals surface area (Å²) in [6.07, 6.45) is 7.68. The minimum atomic E-state index is 0. The molecule has 0 spiro atoms. The summed E-state index contributed by atoms with van der Waals surface area (Å²) in [6.45, 7) is 7.91. The van der Waals surface area contributed by atoms with Gasteiger partial charge in [-0.1, -0.05) is 20.8 Å². The summed E-state index contributed by atoms with van der Waals surface area (Å²) in [7, 11) is 0. The van der Waals surface area contributed by atoms with Gasteiger partial charge in [-0.15, -0.1) is 12.4 Å². The number of hydrogen-bond acceptors (Lipinski definition) is 3. The fourth-order valence-corrected chi connectivity index (χ4v) is 7.06. The molecule has 0 aromatic carbocycles. The monoisotopic (exact) mass is 417 g/mol. The van der Waals surface area contributed by atoms with Crippen LogP contribution >= 0.6 is 12.4 Å². The van der Waals surface area contributed by atoms with Gasteiger partial charge in [-0.25, -0.2) is 9.78 Å². The van der Waals surface area contributed by atoms with Gasteiger partial charge in [-0.2, -0.15) is 0 Å². The zero-order valence-corrected chi connectivity index (χ0v) is 18.5. The van der Waals surface area contributed by atoms with Crippen molar-refractivity contribution in [2.45, 2.75) is 70.8 Å². The van der Waals surface area contributed by atoms with Crippen LogP contribution in [0, 0.1) is 23.7 Å². The number of rotatable bonds is 4. The number of fused-ring (bicyclic) bond motifs is 3. The zero-order valence-electron chi connectivity index (χ0n) is 17.6. The molecule has 4 aliphatic carbocycles. The highest BCUT2D eigenvalue weighted by Crippen LogP contribution is 2.65. The summed E-state index contributed by atoms with van der Waals surface area (Å²) in [6, 6.07) is 0.237. The number of amidine groups is 1. The van der Waals surface area contributed by atoms with Crippen molar-refractivity contribution in [3.63, 3.8) is 0 Å². The first-order valence-corrected chi connectivity index (χ1v) is 11.3. The van der Waals surface area contributed by atoms with E-state index < -0.39 is 0 Å². The number of H-pyrrole nitrogens is 1. The van der Waals surface area contributed by atoms with Crippen LogP contribution in [0.4, 0.5) is 10.6 Å². The number of amides is 2. The molecule has 1 aromatic rings. The second-order valence-corrected chi connectivity index (χ2v) is 10.3. The number of hydrogen-bond donors (Lipinski definition) is 1. The van der Waals surface area contributed by atoms with Crippen LogP contribution in [0.5, 0.6) is 0 Å². The van der Waals surface area contributed by atoms with Crippen LogP contribution in [0.15, 0.2) is 4.99 Å². The number of nitrogens with zero attached hydrogens (tertiary/aromatic N) is 4. The van der Waals surface area contributed by atoms with Gasteiger partial charge in [0.2, 0.25) is 0 Å². The van der Waals surface area contributed by atoms with Gasteiger partial charge in [0.05, 0.1) is 12.6 Å². The van der Waals surface area contributed by atoms with Crippen molar-refractivity contribution >= 4 is 30.1 Å². The Kier molecular flexibility index (Phi) is 4.33. The number of aromatic nitrogens is 2. The summed E-state index contributed by atoms with van der Waals surface area (Å²) in [5, 5.41) is 0. The SMILES string of the molecule is CCCN1C(=O)N2C[C@H](C(C)C)N=C2c2[nH]c(C34CC5CC(CC3C5)C4)nc21.Cl. The molecule has 29 heavy (non-hydrogen) atoms. The van der Waals surface area contributed by atoms with Crippen LogP contribution in [0.1, 0.15) is 70.8 Å². The smallest absolute Gasteiger partial charge is 0.331 e. The highest BCUT2D eigenvalue weighted by molar-refractivity contribution is 6.18. The molecule has 0 radical (unpaired) electrons. The van der Waals surface area contributed by atoms with E-state index in [0.29, 0.717) is 19.0 Å². The molecule has 7 rings (SSSR count). The molecule has 158 valence electrons. The molecule has 4 fully saturated rings. The Balaban J connectivity index is 0.00000181. The molecule has 6 aliphatic rings. The van der Waals surface area contributed by atoms with Gasteiger partial charge in [-0.3, -0.25) is 14.8 Å². The van der Waals surface area contributed by atoms with Crippen LogP contribution in [-0.2, 0) is 5.41 Å². The Morgan fingerprint density at radius 1 is 1.21 bits per heavy atom. The average molecular weight is 418 g/mol. The number of aliphatic imine (C=N–C) groups is 1. The Morgan fingerprint density at radius 3 is 2.59 bits per heavy atom. The number of anilines is 1. The molecular formula is C22H32ClN5O. The first-order valence-electron chi connectivity index (χ1n) is 11.3. The molecule has 1 aromatic heterocycles. The van der Waals surface area contributed by atoms with E-state index in [2.05, 4.69) is 25.8 Å². The number of urea groups is 1. The molecule has 6 nitrogen and oxygen atoms in total. The van der Waals surface area contributed by atoms with E-state index in [0.717, 1.165) is 47.3 Å². The summed E-state index contributed by atoms with van der Waals surface area (Å²) in [5.74, 6) is 5.80. The van der Waals surface area contributed by atoms with E-state index in [1.54, 1.807) is 0 Å². The Bertz CT molecular complexity index is 863. The van der Waals surface area contributed by atoms with Crippen molar-refractivity contribution in [1.82, 2.24) is 14.9 Å². The number of carbonyl (C=O) groups is 1. The highest BCUT2D eigenvalue weighted by atomic mass is 35.5. The van der Waals surface area contributed by atoms with Gasteiger partial charge < -0.3 is 4.98 Å². The largest absolute Gasteiger partial charge is 0.337 e. The van der Waals surface area contributed by atoms with Crippen LogP contribution in [-0.4, -0.2) is 45.9 Å². The van der Waals surface area contributed by atoms with E-state index in [1.807, 2.05) is 9.80 Å². The second kappa shape index (κ2) is 6.47. The maximum atomic E-state index is 13.3. The molecule has 7 heteroatoms. The first-order chi connectivity index (χ1) is 13.5. The van der Waals surface area contributed by atoms with Crippen LogP contribution in [0.3, 0.4) is 0 Å². The lowest BCUT2D eigenvalue weighted by Crippen LogP contribution is -2.50. The lowest BCUT2D eigenvalue weighted by atomic mass is 9.75. The Morgan fingerprint density at radius 2 is 1.93 bits per heavy atom. The molecule has 3 atom stereocenters. The van der Waals surface area contributed by atoms with Gasteiger partial charge in [0.15, 0.2) is 11.7 Å². The van der Waals surface area contributed by atoms with E-state index in [9.17, 15) is 4.79 Å². The molecule has 4 bridgehead atoms. The summed E-state index contributed by atoms with van der Waals surface area (Å²) in [5.41, 5.74) is 1.22. The molecule has 0 saturated heterocycles. The quantitative estimate of drug-likeness (QED) is 0.791. The predicted molar refractivity (Wildman–Crippen MR) is 116 cm³/mol. The normalized spacial score (nSPS) is 36.6. The fraction of sp³-hybridized carbons (Fsp3) is 0.773.